The zero-order valence-electron chi connectivity index (χ0n) is 10.8. The number of imidazole rings is 1. The van der Waals surface area contributed by atoms with Gasteiger partial charge in [0.1, 0.15) is 11.6 Å². The van der Waals surface area contributed by atoms with E-state index < -0.39 is 11.6 Å². The zero-order valence-corrected chi connectivity index (χ0v) is 10.8. The van der Waals surface area contributed by atoms with Crippen molar-refractivity contribution >= 4 is 0 Å². The van der Waals surface area contributed by atoms with Gasteiger partial charge in [0.05, 0.1) is 23.9 Å². The number of rotatable bonds is 2. The smallest absolute Gasteiger partial charge is 0.150 e. The summed E-state index contributed by atoms with van der Waals surface area (Å²) in [5.41, 5.74) is 3.11. The summed E-state index contributed by atoms with van der Waals surface area (Å²) in [7, 11) is 0. The van der Waals surface area contributed by atoms with E-state index in [2.05, 4.69) is 4.98 Å². The molecule has 0 saturated heterocycles. The quantitative estimate of drug-likeness (QED) is 0.684. The number of hydrogen-bond acceptors (Lipinski definition) is 1. The summed E-state index contributed by atoms with van der Waals surface area (Å²) >= 11 is 0. The molecule has 3 rings (SSSR count). The monoisotopic (exact) mass is 270 g/mol. The summed E-state index contributed by atoms with van der Waals surface area (Å²) in [6.07, 6.45) is 3.18. The van der Waals surface area contributed by atoms with Gasteiger partial charge in [-0.1, -0.05) is 29.8 Å². The molecule has 0 unspecified atom stereocenters. The molecule has 20 heavy (non-hydrogen) atoms. The third-order valence-corrected chi connectivity index (χ3v) is 3.16. The first-order valence-corrected chi connectivity index (χ1v) is 6.20. The van der Waals surface area contributed by atoms with Gasteiger partial charge in [0.2, 0.25) is 0 Å². The van der Waals surface area contributed by atoms with Crippen molar-refractivity contribution in [3.05, 3.63) is 72.2 Å². The van der Waals surface area contributed by atoms with Crippen LogP contribution in [0.5, 0.6) is 0 Å². The van der Waals surface area contributed by atoms with Gasteiger partial charge >= 0.3 is 0 Å². The summed E-state index contributed by atoms with van der Waals surface area (Å²) in [6.45, 7) is 2.00. The van der Waals surface area contributed by atoms with Crippen LogP contribution < -0.4 is 0 Å². The van der Waals surface area contributed by atoms with E-state index in [1.807, 2.05) is 31.2 Å². The number of benzene rings is 2. The van der Waals surface area contributed by atoms with E-state index in [-0.39, 0.29) is 5.69 Å². The fourth-order valence-electron chi connectivity index (χ4n) is 2.10. The highest BCUT2D eigenvalue weighted by molar-refractivity contribution is 5.62. The lowest BCUT2D eigenvalue weighted by Crippen LogP contribution is -1.99. The molecule has 0 saturated carbocycles. The SMILES string of the molecule is Cc1ccc(-c2cncn2-c2ccc(F)cc2F)cc1. The van der Waals surface area contributed by atoms with Gasteiger partial charge in [-0.3, -0.25) is 4.57 Å². The highest BCUT2D eigenvalue weighted by atomic mass is 19.1. The first kappa shape index (κ1) is 12.5. The highest BCUT2D eigenvalue weighted by Gasteiger charge is 2.11. The number of aromatic nitrogens is 2. The molecule has 100 valence electrons. The molecule has 0 N–H and O–H groups in total. The van der Waals surface area contributed by atoms with E-state index in [1.165, 1.54) is 18.5 Å². The average Bonchev–Trinajstić information content (AvgIpc) is 2.88. The van der Waals surface area contributed by atoms with Gasteiger partial charge in [0.15, 0.2) is 0 Å². The Morgan fingerprint density at radius 2 is 1.75 bits per heavy atom. The molecule has 0 aliphatic heterocycles. The molecular weight excluding hydrogens is 258 g/mol. The van der Waals surface area contributed by atoms with Crippen molar-refractivity contribution in [2.45, 2.75) is 6.92 Å². The molecule has 0 amide bonds. The van der Waals surface area contributed by atoms with Crippen LogP contribution in [-0.4, -0.2) is 9.55 Å². The maximum absolute atomic E-state index is 13.9. The van der Waals surface area contributed by atoms with Crippen LogP contribution in [0.1, 0.15) is 5.56 Å². The largest absolute Gasteiger partial charge is 0.296 e. The normalized spacial score (nSPS) is 10.8. The average molecular weight is 270 g/mol. The molecule has 2 nitrogen and oxygen atoms in total. The number of hydrogen-bond donors (Lipinski definition) is 0. The predicted octanol–water partition coefficient (Wildman–Crippen LogP) is 4.13. The minimum Gasteiger partial charge on any atom is -0.296 e. The lowest BCUT2D eigenvalue weighted by molar-refractivity contribution is 0.578. The molecule has 0 aliphatic rings. The first-order chi connectivity index (χ1) is 9.65. The molecule has 0 bridgehead atoms. The van der Waals surface area contributed by atoms with Crippen LogP contribution in [0.15, 0.2) is 55.0 Å². The van der Waals surface area contributed by atoms with E-state index in [4.69, 9.17) is 0 Å². The highest BCUT2D eigenvalue weighted by Crippen LogP contribution is 2.24. The maximum atomic E-state index is 13.9. The third kappa shape index (κ3) is 2.20. The predicted molar refractivity (Wildman–Crippen MR) is 73.7 cm³/mol. The number of aryl methyl sites for hydroxylation is 1. The van der Waals surface area contributed by atoms with Crippen LogP contribution in [0.2, 0.25) is 0 Å². The summed E-state index contributed by atoms with van der Waals surface area (Å²) in [4.78, 5) is 4.06. The van der Waals surface area contributed by atoms with Crippen molar-refractivity contribution < 1.29 is 8.78 Å². The van der Waals surface area contributed by atoms with E-state index in [1.54, 1.807) is 10.8 Å². The minimum atomic E-state index is -0.614. The third-order valence-electron chi connectivity index (χ3n) is 3.16. The molecule has 1 aromatic heterocycles. The van der Waals surface area contributed by atoms with Crippen molar-refractivity contribution in [3.8, 4) is 16.9 Å². The molecule has 0 aliphatic carbocycles. The molecule has 1 heterocycles. The second kappa shape index (κ2) is 4.89. The molecule has 0 fully saturated rings. The topological polar surface area (TPSA) is 17.8 Å². The van der Waals surface area contributed by atoms with Gasteiger partial charge < -0.3 is 0 Å². The van der Waals surface area contributed by atoms with Crippen molar-refractivity contribution in [3.63, 3.8) is 0 Å². The van der Waals surface area contributed by atoms with Crippen LogP contribution in [0.3, 0.4) is 0 Å². The first-order valence-electron chi connectivity index (χ1n) is 6.20. The van der Waals surface area contributed by atoms with Gasteiger partial charge in [0.25, 0.3) is 0 Å². The standard InChI is InChI=1S/C16H12F2N2/c1-11-2-4-12(5-3-11)16-9-19-10-20(16)15-7-6-13(17)8-14(15)18/h2-10H,1H3. The van der Waals surface area contributed by atoms with Crippen LogP contribution in [0.25, 0.3) is 16.9 Å². The Labute approximate surface area is 115 Å². The van der Waals surface area contributed by atoms with Gasteiger partial charge in [-0.15, -0.1) is 0 Å². The fraction of sp³-hybridized carbons (Fsp3) is 0.0625. The summed E-state index contributed by atoms with van der Waals surface area (Å²) in [5.74, 6) is -1.21. The molecule has 0 spiro atoms. The minimum absolute atomic E-state index is 0.277. The lowest BCUT2D eigenvalue weighted by Gasteiger charge is -2.09. The van der Waals surface area contributed by atoms with E-state index in [9.17, 15) is 8.78 Å². The zero-order chi connectivity index (χ0) is 14.1. The summed E-state index contributed by atoms with van der Waals surface area (Å²) in [5, 5.41) is 0. The molecule has 4 heteroatoms. The maximum Gasteiger partial charge on any atom is 0.150 e. The van der Waals surface area contributed by atoms with Gasteiger partial charge in [-0.25, -0.2) is 13.8 Å². The van der Waals surface area contributed by atoms with Crippen LogP contribution in [-0.2, 0) is 0 Å². The van der Waals surface area contributed by atoms with Crippen molar-refractivity contribution in [1.29, 1.82) is 0 Å². The van der Waals surface area contributed by atoms with Crippen LogP contribution in [0.4, 0.5) is 8.78 Å². The van der Waals surface area contributed by atoms with Crippen LogP contribution in [0, 0.1) is 18.6 Å². The van der Waals surface area contributed by atoms with E-state index in [0.717, 1.165) is 22.9 Å². The number of nitrogens with zero attached hydrogens (tertiary/aromatic N) is 2. The van der Waals surface area contributed by atoms with Crippen LogP contribution >= 0.6 is 0 Å². The second-order valence-corrected chi connectivity index (χ2v) is 4.61. The summed E-state index contributed by atoms with van der Waals surface area (Å²) < 4.78 is 28.5. The Balaban J connectivity index is 2.12. The molecule has 0 atom stereocenters. The van der Waals surface area contributed by atoms with Crippen molar-refractivity contribution in [2.75, 3.05) is 0 Å². The Bertz CT molecular complexity index is 745. The molecule has 0 radical (unpaired) electrons. The van der Waals surface area contributed by atoms with Gasteiger partial charge in [-0.2, -0.15) is 0 Å². The van der Waals surface area contributed by atoms with Crippen molar-refractivity contribution in [2.24, 2.45) is 0 Å². The van der Waals surface area contributed by atoms with E-state index in [0.29, 0.717) is 0 Å². The fourth-order valence-corrected chi connectivity index (χ4v) is 2.10. The Morgan fingerprint density at radius 3 is 2.45 bits per heavy atom. The Hall–Kier alpha value is -2.49. The van der Waals surface area contributed by atoms with E-state index >= 15 is 0 Å². The Morgan fingerprint density at radius 1 is 1.00 bits per heavy atom. The summed E-state index contributed by atoms with van der Waals surface area (Å²) in [6, 6.07) is 11.4. The number of halogens is 2. The van der Waals surface area contributed by atoms with Gasteiger partial charge in [0, 0.05) is 11.6 Å². The molecule has 2 aromatic carbocycles. The molecule has 3 aromatic rings. The lowest BCUT2D eigenvalue weighted by atomic mass is 10.1. The second-order valence-electron chi connectivity index (χ2n) is 4.61. The van der Waals surface area contributed by atoms with Gasteiger partial charge in [-0.05, 0) is 19.1 Å². The Kier molecular flexibility index (Phi) is 3.06. The van der Waals surface area contributed by atoms with Crippen molar-refractivity contribution in [1.82, 2.24) is 9.55 Å². The molecular formula is C16H12F2N2.